The van der Waals surface area contributed by atoms with Crippen LogP contribution in [0.25, 0.3) is 27.6 Å². The summed E-state index contributed by atoms with van der Waals surface area (Å²) in [6.07, 6.45) is 0. The number of aromatic amines is 1. The summed E-state index contributed by atoms with van der Waals surface area (Å²) in [6, 6.07) is 22.0. The van der Waals surface area contributed by atoms with Crippen LogP contribution in [0.3, 0.4) is 0 Å². The summed E-state index contributed by atoms with van der Waals surface area (Å²) in [7, 11) is 0. The average molecular weight is 415 g/mol. The van der Waals surface area contributed by atoms with Gasteiger partial charge in [-0.15, -0.1) is 0 Å². The fraction of sp³-hybridized carbons (Fsp3) is 0.0833. The molecule has 0 spiro atoms. The molecule has 1 N–H and O–H groups in total. The minimum atomic E-state index is -0.274. The molecule has 0 aliphatic heterocycles. The Morgan fingerprint density at radius 1 is 1.03 bits per heavy atom. The number of para-hydroxylation sites is 1. The first-order valence-corrected chi connectivity index (χ1v) is 10.6. The SMILES string of the molecule is Cc1ccc(-n2c(SCc3cccc(F)c3)nc3c([nH]c4ccccc43)c2=O)cc1. The number of halogens is 1. The molecule has 0 saturated carbocycles. The van der Waals surface area contributed by atoms with Gasteiger partial charge >= 0.3 is 0 Å². The van der Waals surface area contributed by atoms with Gasteiger partial charge in [0.1, 0.15) is 16.9 Å². The van der Waals surface area contributed by atoms with Gasteiger partial charge in [0.25, 0.3) is 5.56 Å². The Hall–Kier alpha value is -3.38. The molecule has 3 aromatic carbocycles. The van der Waals surface area contributed by atoms with Crippen LogP contribution in [0.5, 0.6) is 0 Å². The van der Waals surface area contributed by atoms with Gasteiger partial charge in [0, 0.05) is 16.7 Å². The summed E-state index contributed by atoms with van der Waals surface area (Å²) < 4.78 is 15.2. The summed E-state index contributed by atoms with van der Waals surface area (Å²) in [6.45, 7) is 2.01. The summed E-state index contributed by atoms with van der Waals surface area (Å²) in [5.41, 5.74) is 4.55. The van der Waals surface area contributed by atoms with Crippen molar-refractivity contribution >= 4 is 33.7 Å². The molecule has 2 heterocycles. The van der Waals surface area contributed by atoms with Crippen LogP contribution < -0.4 is 5.56 Å². The molecule has 0 aliphatic carbocycles. The smallest absolute Gasteiger partial charge is 0.283 e. The van der Waals surface area contributed by atoms with E-state index in [0.717, 1.165) is 27.7 Å². The van der Waals surface area contributed by atoms with Crippen molar-refractivity contribution in [2.45, 2.75) is 17.8 Å². The Kier molecular flexibility index (Phi) is 4.64. The van der Waals surface area contributed by atoms with Crippen LogP contribution in [-0.4, -0.2) is 14.5 Å². The van der Waals surface area contributed by atoms with Crippen molar-refractivity contribution in [2.24, 2.45) is 0 Å². The molecule has 0 amide bonds. The van der Waals surface area contributed by atoms with Crippen molar-refractivity contribution in [2.75, 3.05) is 0 Å². The van der Waals surface area contributed by atoms with E-state index in [1.54, 1.807) is 10.6 Å². The quantitative estimate of drug-likeness (QED) is 0.307. The third kappa shape index (κ3) is 3.29. The predicted octanol–water partition coefficient (Wildman–Crippen LogP) is 5.61. The van der Waals surface area contributed by atoms with Gasteiger partial charge in [0.05, 0.1) is 5.69 Å². The first-order chi connectivity index (χ1) is 14.6. The van der Waals surface area contributed by atoms with Crippen LogP contribution in [-0.2, 0) is 5.75 Å². The highest BCUT2D eigenvalue weighted by Crippen LogP contribution is 2.28. The second-order valence-corrected chi connectivity index (χ2v) is 8.13. The zero-order chi connectivity index (χ0) is 20.7. The third-order valence-corrected chi connectivity index (χ3v) is 6.05. The van der Waals surface area contributed by atoms with Crippen molar-refractivity contribution in [3.8, 4) is 5.69 Å². The number of hydrogen-bond acceptors (Lipinski definition) is 3. The highest BCUT2D eigenvalue weighted by Gasteiger charge is 2.17. The lowest BCUT2D eigenvalue weighted by Crippen LogP contribution is -2.21. The number of H-pyrrole nitrogens is 1. The van der Waals surface area contributed by atoms with Gasteiger partial charge in [0.15, 0.2) is 5.16 Å². The molecular weight excluding hydrogens is 397 g/mol. The van der Waals surface area contributed by atoms with E-state index in [9.17, 15) is 9.18 Å². The van der Waals surface area contributed by atoms with Gasteiger partial charge in [-0.05, 0) is 42.8 Å². The second kappa shape index (κ2) is 7.46. The van der Waals surface area contributed by atoms with E-state index in [0.29, 0.717) is 21.9 Å². The Morgan fingerprint density at radius 2 is 1.83 bits per heavy atom. The van der Waals surface area contributed by atoms with Crippen LogP contribution in [0.1, 0.15) is 11.1 Å². The van der Waals surface area contributed by atoms with Crippen molar-refractivity contribution in [1.82, 2.24) is 14.5 Å². The minimum Gasteiger partial charge on any atom is -0.349 e. The normalized spacial score (nSPS) is 11.4. The number of hydrogen-bond donors (Lipinski definition) is 1. The molecule has 5 aromatic rings. The van der Waals surface area contributed by atoms with Gasteiger partial charge in [-0.25, -0.2) is 9.37 Å². The highest BCUT2D eigenvalue weighted by molar-refractivity contribution is 7.98. The zero-order valence-corrected chi connectivity index (χ0v) is 17.0. The molecule has 4 nitrogen and oxygen atoms in total. The molecule has 148 valence electrons. The first kappa shape index (κ1) is 18.6. The average Bonchev–Trinajstić information content (AvgIpc) is 3.12. The molecule has 0 fully saturated rings. The van der Waals surface area contributed by atoms with Crippen molar-refractivity contribution in [1.29, 1.82) is 0 Å². The maximum atomic E-state index is 13.6. The lowest BCUT2D eigenvalue weighted by atomic mass is 10.2. The van der Waals surface area contributed by atoms with Crippen LogP contribution in [0, 0.1) is 12.7 Å². The predicted molar refractivity (Wildman–Crippen MR) is 120 cm³/mol. The molecule has 0 saturated heterocycles. The van der Waals surface area contributed by atoms with E-state index < -0.39 is 0 Å². The van der Waals surface area contributed by atoms with E-state index >= 15 is 0 Å². The summed E-state index contributed by atoms with van der Waals surface area (Å²) in [5.74, 6) is 0.230. The van der Waals surface area contributed by atoms with Gasteiger partial charge in [-0.3, -0.25) is 9.36 Å². The van der Waals surface area contributed by atoms with E-state index in [2.05, 4.69) is 4.98 Å². The van der Waals surface area contributed by atoms with Gasteiger partial charge in [-0.2, -0.15) is 0 Å². The van der Waals surface area contributed by atoms with E-state index in [-0.39, 0.29) is 11.4 Å². The molecule has 0 aliphatic rings. The number of fused-ring (bicyclic) bond motifs is 3. The van der Waals surface area contributed by atoms with E-state index in [4.69, 9.17) is 4.98 Å². The minimum absolute atomic E-state index is 0.151. The Labute approximate surface area is 176 Å². The van der Waals surface area contributed by atoms with Crippen molar-refractivity contribution in [3.05, 3.63) is 100 Å². The maximum absolute atomic E-state index is 13.6. The molecular formula is C24H18FN3OS. The fourth-order valence-electron chi connectivity index (χ4n) is 3.54. The second-order valence-electron chi connectivity index (χ2n) is 7.18. The number of aromatic nitrogens is 3. The molecule has 2 aromatic heterocycles. The molecule has 30 heavy (non-hydrogen) atoms. The molecule has 6 heteroatoms. The Balaban J connectivity index is 1.71. The van der Waals surface area contributed by atoms with E-state index in [1.807, 2.05) is 61.5 Å². The van der Waals surface area contributed by atoms with Crippen LogP contribution in [0.2, 0.25) is 0 Å². The van der Waals surface area contributed by atoms with E-state index in [1.165, 1.54) is 23.9 Å². The summed E-state index contributed by atoms with van der Waals surface area (Å²) in [5, 5.41) is 1.48. The number of nitrogens with one attached hydrogen (secondary N) is 1. The van der Waals surface area contributed by atoms with Gasteiger partial charge in [0.2, 0.25) is 0 Å². The highest BCUT2D eigenvalue weighted by atomic mass is 32.2. The third-order valence-electron chi connectivity index (χ3n) is 5.04. The molecule has 0 atom stereocenters. The Morgan fingerprint density at radius 3 is 2.63 bits per heavy atom. The number of rotatable bonds is 4. The molecule has 0 radical (unpaired) electrons. The zero-order valence-electron chi connectivity index (χ0n) is 16.2. The lowest BCUT2D eigenvalue weighted by molar-refractivity contribution is 0.626. The largest absolute Gasteiger partial charge is 0.349 e. The fourth-order valence-corrected chi connectivity index (χ4v) is 4.48. The van der Waals surface area contributed by atoms with Crippen LogP contribution in [0.4, 0.5) is 4.39 Å². The number of nitrogens with zero attached hydrogens (tertiary/aromatic N) is 2. The number of thioether (sulfide) groups is 1. The lowest BCUT2D eigenvalue weighted by Gasteiger charge is -2.12. The van der Waals surface area contributed by atoms with Gasteiger partial charge in [-0.1, -0.05) is 59.8 Å². The topological polar surface area (TPSA) is 50.7 Å². The monoisotopic (exact) mass is 415 g/mol. The molecule has 5 rings (SSSR count). The summed E-state index contributed by atoms with van der Waals surface area (Å²) in [4.78, 5) is 21.6. The number of aryl methyl sites for hydroxylation is 1. The first-order valence-electron chi connectivity index (χ1n) is 9.58. The van der Waals surface area contributed by atoms with Crippen molar-refractivity contribution in [3.63, 3.8) is 0 Å². The number of benzene rings is 3. The maximum Gasteiger partial charge on any atom is 0.283 e. The standard InChI is InChI=1S/C24H18FN3OS/c1-15-9-11-18(12-10-15)28-23(29)22-21(19-7-2-3-8-20(19)26-22)27-24(28)30-14-16-5-4-6-17(25)13-16/h2-13,26H,14H2,1H3. The van der Waals surface area contributed by atoms with Crippen LogP contribution >= 0.6 is 11.8 Å². The Bertz CT molecular complexity index is 1440. The van der Waals surface area contributed by atoms with Gasteiger partial charge < -0.3 is 4.98 Å². The molecule has 0 unspecified atom stereocenters. The van der Waals surface area contributed by atoms with Crippen molar-refractivity contribution < 1.29 is 4.39 Å². The summed E-state index contributed by atoms with van der Waals surface area (Å²) >= 11 is 1.42. The van der Waals surface area contributed by atoms with Crippen LogP contribution in [0.15, 0.2) is 82.7 Å². The molecule has 0 bridgehead atoms.